The van der Waals surface area contributed by atoms with E-state index < -0.39 is 24.3 Å². The van der Waals surface area contributed by atoms with Gasteiger partial charge in [-0.15, -0.1) is 11.3 Å². The molecule has 0 atom stereocenters. The molecule has 1 N–H and O–H groups in total. The maximum Gasteiger partial charge on any atom is 0.492 e. The molecule has 1 amide bonds. The minimum Gasteiger partial charge on any atom is -0.465 e. The summed E-state index contributed by atoms with van der Waals surface area (Å²) >= 11 is 1.20. The Hall–Kier alpha value is -1.71. The Morgan fingerprint density at radius 2 is 1.92 bits per heavy atom. The van der Waals surface area contributed by atoms with Crippen LogP contribution in [0, 0.1) is 0 Å². The molecular weight excluding hydrogens is 343 g/mol. The summed E-state index contributed by atoms with van der Waals surface area (Å²) < 4.78 is 16.8. The first kappa shape index (κ1) is 19.6. The predicted molar refractivity (Wildman–Crippen MR) is 96.2 cm³/mol. The van der Waals surface area contributed by atoms with Crippen molar-refractivity contribution < 1.29 is 23.6 Å². The standard InChI is InChI=1S/C16H23BN2O5S/c1-10(20)18-8-11(17-23-15(2,3)16(4,5)24-17)7-13-19-9-12(25-13)14(21)22-6/h7,9H,8H2,1-6H3,(H,18,20). The van der Waals surface area contributed by atoms with Crippen LogP contribution in [0.1, 0.15) is 49.3 Å². The molecule has 2 rings (SSSR count). The van der Waals surface area contributed by atoms with Crippen LogP contribution in [0.4, 0.5) is 0 Å². The van der Waals surface area contributed by atoms with Crippen LogP contribution in [0.5, 0.6) is 0 Å². The van der Waals surface area contributed by atoms with E-state index in [0.717, 1.165) is 5.47 Å². The van der Waals surface area contributed by atoms with Crippen molar-refractivity contribution in [2.45, 2.75) is 45.8 Å². The molecular formula is C16H23BN2O5S. The molecule has 0 spiro atoms. The van der Waals surface area contributed by atoms with Crippen LogP contribution < -0.4 is 5.32 Å². The SMILES string of the molecule is COC(=O)c1cnc(C=C(CNC(C)=O)B2OC(C)(C)C(C)(C)O2)s1. The summed E-state index contributed by atoms with van der Waals surface area (Å²) in [5, 5.41) is 3.36. The first-order valence-electron chi connectivity index (χ1n) is 7.90. The number of methoxy groups -OCH3 is 1. The normalized spacial score (nSPS) is 19.0. The number of aromatic nitrogens is 1. The highest BCUT2D eigenvalue weighted by atomic mass is 32.1. The van der Waals surface area contributed by atoms with E-state index in [1.165, 1.54) is 31.6 Å². The number of ether oxygens (including phenoxy) is 1. The van der Waals surface area contributed by atoms with Crippen molar-refractivity contribution >= 4 is 36.4 Å². The molecule has 7 nitrogen and oxygen atoms in total. The van der Waals surface area contributed by atoms with Gasteiger partial charge in [0.1, 0.15) is 9.88 Å². The van der Waals surface area contributed by atoms with Crippen molar-refractivity contribution in [3.63, 3.8) is 0 Å². The zero-order valence-corrected chi connectivity index (χ0v) is 16.2. The van der Waals surface area contributed by atoms with Crippen molar-refractivity contribution in [1.82, 2.24) is 10.3 Å². The van der Waals surface area contributed by atoms with Crippen molar-refractivity contribution in [1.29, 1.82) is 0 Å². The van der Waals surface area contributed by atoms with Gasteiger partial charge in [0.15, 0.2) is 0 Å². The molecule has 2 heterocycles. The van der Waals surface area contributed by atoms with E-state index in [4.69, 9.17) is 14.0 Å². The van der Waals surface area contributed by atoms with Gasteiger partial charge in [-0.2, -0.15) is 0 Å². The molecule has 0 bridgehead atoms. The number of nitrogens with zero attached hydrogens (tertiary/aromatic N) is 1. The van der Waals surface area contributed by atoms with Crippen LogP contribution in [0.2, 0.25) is 0 Å². The first-order chi connectivity index (χ1) is 11.6. The number of hydrogen-bond donors (Lipinski definition) is 1. The number of amides is 1. The lowest BCUT2D eigenvalue weighted by molar-refractivity contribution is -0.118. The molecule has 136 valence electrons. The van der Waals surface area contributed by atoms with Gasteiger partial charge in [-0.05, 0) is 39.2 Å². The summed E-state index contributed by atoms with van der Waals surface area (Å²) in [6, 6.07) is 0. The molecule has 0 unspecified atom stereocenters. The molecule has 1 saturated heterocycles. The third-order valence-electron chi connectivity index (χ3n) is 4.32. The van der Waals surface area contributed by atoms with Crippen molar-refractivity contribution in [3.8, 4) is 0 Å². The molecule has 25 heavy (non-hydrogen) atoms. The molecule has 0 aromatic carbocycles. The van der Waals surface area contributed by atoms with E-state index in [1.54, 1.807) is 6.08 Å². The fourth-order valence-electron chi connectivity index (χ4n) is 2.13. The van der Waals surface area contributed by atoms with Gasteiger partial charge in [0, 0.05) is 13.5 Å². The smallest absolute Gasteiger partial charge is 0.465 e. The van der Waals surface area contributed by atoms with Gasteiger partial charge in [-0.3, -0.25) is 4.79 Å². The van der Waals surface area contributed by atoms with Crippen molar-refractivity contribution in [2.24, 2.45) is 0 Å². The quantitative estimate of drug-likeness (QED) is 0.634. The summed E-state index contributed by atoms with van der Waals surface area (Å²) in [6.45, 7) is 9.55. The molecule has 1 aliphatic heterocycles. The monoisotopic (exact) mass is 366 g/mol. The largest absolute Gasteiger partial charge is 0.492 e. The summed E-state index contributed by atoms with van der Waals surface area (Å²) in [5.41, 5.74) is -0.264. The maximum absolute atomic E-state index is 11.6. The first-order valence-corrected chi connectivity index (χ1v) is 8.72. The van der Waals surface area contributed by atoms with Gasteiger partial charge in [0.25, 0.3) is 0 Å². The van der Waals surface area contributed by atoms with Gasteiger partial charge in [-0.25, -0.2) is 9.78 Å². The summed E-state index contributed by atoms with van der Waals surface area (Å²) in [5.74, 6) is -0.590. The molecule has 1 aliphatic rings. The number of nitrogens with one attached hydrogen (secondary N) is 1. The molecule has 1 aromatic heterocycles. The Labute approximate surface area is 151 Å². The van der Waals surface area contributed by atoms with Gasteiger partial charge in [0.05, 0.1) is 24.5 Å². The van der Waals surface area contributed by atoms with Crippen LogP contribution in [0.3, 0.4) is 0 Å². The van der Waals surface area contributed by atoms with Crippen molar-refractivity contribution in [2.75, 3.05) is 13.7 Å². The van der Waals surface area contributed by atoms with Crippen molar-refractivity contribution in [3.05, 3.63) is 21.6 Å². The third-order valence-corrected chi connectivity index (χ3v) is 5.24. The molecule has 9 heteroatoms. The van der Waals surface area contributed by atoms with Crippen LogP contribution in [-0.2, 0) is 18.8 Å². The maximum atomic E-state index is 11.6. The van der Waals surface area contributed by atoms with E-state index in [0.29, 0.717) is 9.88 Å². The highest BCUT2D eigenvalue weighted by molar-refractivity contribution is 7.14. The Bertz CT molecular complexity index is 682. The summed E-state index contributed by atoms with van der Waals surface area (Å²) in [7, 11) is 0.715. The number of hydrogen-bond acceptors (Lipinski definition) is 7. The van der Waals surface area contributed by atoms with Crippen LogP contribution in [-0.4, -0.2) is 48.8 Å². The van der Waals surface area contributed by atoms with Crippen LogP contribution >= 0.6 is 11.3 Å². The molecule has 1 aromatic rings. The molecule has 0 aliphatic carbocycles. The van der Waals surface area contributed by atoms with E-state index in [9.17, 15) is 9.59 Å². The fourth-order valence-corrected chi connectivity index (χ4v) is 2.94. The van der Waals surface area contributed by atoms with Crippen LogP contribution in [0.15, 0.2) is 11.7 Å². The molecule has 1 fully saturated rings. The molecule has 0 saturated carbocycles. The lowest BCUT2D eigenvalue weighted by atomic mass is 9.77. The minimum absolute atomic E-state index is 0.156. The van der Waals surface area contributed by atoms with Gasteiger partial charge < -0.3 is 19.4 Å². The van der Waals surface area contributed by atoms with Gasteiger partial charge >= 0.3 is 13.1 Å². The molecule has 0 radical (unpaired) electrons. The Morgan fingerprint density at radius 3 is 2.44 bits per heavy atom. The van der Waals surface area contributed by atoms with E-state index in [1.807, 2.05) is 27.7 Å². The van der Waals surface area contributed by atoms with E-state index in [-0.39, 0.29) is 12.5 Å². The number of esters is 1. The number of rotatable bonds is 5. The van der Waals surface area contributed by atoms with Gasteiger partial charge in [0.2, 0.25) is 5.91 Å². The number of carbonyl (C=O) groups excluding carboxylic acids is 2. The second-order valence-corrected chi connectivity index (χ2v) is 7.83. The summed E-state index contributed by atoms with van der Waals surface area (Å²) in [6.07, 6.45) is 3.23. The Kier molecular flexibility index (Phi) is 5.70. The topological polar surface area (TPSA) is 86.8 Å². The second-order valence-electron chi connectivity index (χ2n) is 6.77. The van der Waals surface area contributed by atoms with Crippen LogP contribution in [0.25, 0.3) is 6.08 Å². The Balaban J connectivity index is 2.28. The highest BCUT2D eigenvalue weighted by Gasteiger charge is 2.52. The average molecular weight is 366 g/mol. The third kappa shape index (κ3) is 4.48. The van der Waals surface area contributed by atoms with E-state index >= 15 is 0 Å². The fraction of sp³-hybridized carbons (Fsp3) is 0.562. The second kappa shape index (κ2) is 7.27. The van der Waals surface area contributed by atoms with E-state index in [2.05, 4.69) is 10.3 Å². The number of carbonyl (C=O) groups is 2. The van der Waals surface area contributed by atoms with Gasteiger partial charge in [-0.1, -0.05) is 0 Å². The zero-order valence-electron chi connectivity index (χ0n) is 15.3. The lowest BCUT2D eigenvalue weighted by Crippen LogP contribution is -2.41. The highest BCUT2D eigenvalue weighted by Crippen LogP contribution is 2.38. The lowest BCUT2D eigenvalue weighted by Gasteiger charge is -2.32. The zero-order chi connectivity index (χ0) is 18.8. The number of thiazole rings is 1. The summed E-state index contributed by atoms with van der Waals surface area (Å²) in [4.78, 5) is 27.5. The minimum atomic E-state index is -0.609. The average Bonchev–Trinajstić information content (AvgIpc) is 3.05. The predicted octanol–water partition coefficient (Wildman–Crippen LogP) is 2.08. The Morgan fingerprint density at radius 1 is 1.32 bits per heavy atom.